The molecule has 7 heteroatoms. The van der Waals surface area contributed by atoms with Gasteiger partial charge in [-0.2, -0.15) is 0 Å². The summed E-state index contributed by atoms with van der Waals surface area (Å²) in [6, 6.07) is 18.3. The van der Waals surface area contributed by atoms with Gasteiger partial charge in [-0.25, -0.2) is 4.98 Å². The van der Waals surface area contributed by atoms with Crippen molar-refractivity contribution in [3.63, 3.8) is 0 Å². The summed E-state index contributed by atoms with van der Waals surface area (Å²) in [5.41, 5.74) is 8.78. The number of nitrogens with zero attached hydrogens (tertiary/aromatic N) is 1. The molecule has 2 heterocycles. The zero-order valence-electron chi connectivity index (χ0n) is 16.2. The van der Waals surface area contributed by atoms with E-state index in [0.29, 0.717) is 13.0 Å². The summed E-state index contributed by atoms with van der Waals surface area (Å²) < 4.78 is 0. The number of nitrogens with one attached hydrogen (secondary N) is 2. The van der Waals surface area contributed by atoms with Crippen molar-refractivity contribution < 1.29 is 4.79 Å². The van der Waals surface area contributed by atoms with Crippen molar-refractivity contribution in [3.8, 4) is 0 Å². The van der Waals surface area contributed by atoms with Gasteiger partial charge in [-0.3, -0.25) is 4.79 Å². The van der Waals surface area contributed by atoms with Crippen LogP contribution in [0.1, 0.15) is 11.1 Å². The molecule has 5 nitrogen and oxygen atoms in total. The number of rotatable bonds is 6. The first-order chi connectivity index (χ1) is 13.7. The number of benzene rings is 2. The average molecular weight is 443 g/mol. The van der Waals surface area contributed by atoms with Crippen LogP contribution >= 0.6 is 24.8 Å². The van der Waals surface area contributed by atoms with E-state index in [2.05, 4.69) is 45.6 Å². The van der Waals surface area contributed by atoms with Crippen LogP contribution in [0.4, 0.5) is 0 Å². The molecule has 4 rings (SSSR count). The van der Waals surface area contributed by atoms with Crippen LogP contribution < -0.4 is 11.1 Å². The highest BCUT2D eigenvalue weighted by Crippen LogP contribution is 2.18. The summed E-state index contributed by atoms with van der Waals surface area (Å²) in [6.45, 7) is 0.378. The molecule has 0 radical (unpaired) electrons. The summed E-state index contributed by atoms with van der Waals surface area (Å²) in [4.78, 5) is 19.7. The maximum absolute atomic E-state index is 12.4. The van der Waals surface area contributed by atoms with E-state index >= 15 is 0 Å². The third kappa shape index (κ3) is 5.39. The van der Waals surface area contributed by atoms with Gasteiger partial charge in [0.1, 0.15) is 5.65 Å². The number of carbonyl (C=O) groups is 1. The Bertz CT molecular complexity index is 1160. The topological polar surface area (TPSA) is 83.8 Å². The number of aromatic amines is 1. The molecule has 0 aliphatic rings. The number of hydrogen-bond acceptors (Lipinski definition) is 3. The molecular formula is C23H24Cl2N4O. The molecule has 0 unspecified atom stereocenters. The van der Waals surface area contributed by atoms with E-state index in [0.717, 1.165) is 22.2 Å². The Morgan fingerprint density at radius 1 is 1.10 bits per heavy atom. The van der Waals surface area contributed by atoms with Crippen LogP contribution in [0.3, 0.4) is 0 Å². The Labute approximate surface area is 187 Å². The first-order valence-electron chi connectivity index (χ1n) is 9.31. The van der Waals surface area contributed by atoms with Gasteiger partial charge < -0.3 is 16.0 Å². The second-order valence-electron chi connectivity index (χ2n) is 6.80. The molecule has 156 valence electrons. The van der Waals surface area contributed by atoms with Gasteiger partial charge in [-0.1, -0.05) is 42.5 Å². The maximum Gasteiger partial charge on any atom is 0.244 e. The third-order valence-corrected chi connectivity index (χ3v) is 4.82. The Hall–Kier alpha value is -2.86. The second-order valence-corrected chi connectivity index (χ2v) is 6.80. The molecule has 30 heavy (non-hydrogen) atoms. The van der Waals surface area contributed by atoms with Crippen molar-refractivity contribution >= 4 is 58.6 Å². The highest BCUT2D eigenvalue weighted by atomic mass is 35.5. The van der Waals surface area contributed by atoms with Gasteiger partial charge in [0.25, 0.3) is 0 Å². The molecule has 1 amide bonds. The van der Waals surface area contributed by atoms with Crippen LogP contribution in [0.15, 0.2) is 73.1 Å². The van der Waals surface area contributed by atoms with Crippen LogP contribution in [0.25, 0.3) is 27.9 Å². The normalized spacial score (nSPS) is 11.8. The number of pyridine rings is 1. The van der Waals surface area contributed by atoms with Crippen molar-refractivity contribution in [1.29, 1.82) is 0 Å². The van der Waals surface area contributed by atoms with Gasteiger partial charge in [-0.15, -0.1) is 24.8 Å². The van der Waals surface area contributed by atoms with Crippen LogP contribution in [-0.4, -0.2) is 28.5 Å². The molecule has 0 aliphatic carbocycles. The zero-order valence-corrected chi connectivity index (χ0v) is 17.9. The quantitative estimate of drug-likeness (QED) is 0.390. The summed E-state index contributed by atoms with van der Waals surface area (Å²) in [5.74, 6) is -0.158. The van der Waals surface area contributed by atoms with Crippen LogP contribution in [0.5, 0.6) is 0 Å². The minimum Gasteiger partial charge on any atom is -0.348 e. The number of hydrogen-bond donors (Lipinski definition) is 3. The number of aromatic nitrogens is 2. The van der Waals surface area contributed by atoms with Crippen molar-refractivity contribution in [2.24, 2.45) is 5.73 Å². The molecule has 0 saturated carbocycles. The van der Waals surface area contributed by atoms with Crippen LogP contribution in [-0.2, 0) is 11.2 Å². The number of halogens is 2. The van der Waals surface area contributed by atoms with Gasteiger partial charge in [0, 0.05) is 42.0 Å². The van der Waals surface area contributed by atoms with Gasteiger partial charge in [0.2, 0.25) is 5.91 Å². The molecule has 0 saturated heterocycles. The predicted molar refractivity (Wildman–Crippen MR) is 128 cm³/mol. The molecule has 2 aromatic carbocycles. The largest absolute Gasteiger partial charge is 0.348 e. The third-order valence-electron chi connectivity index (χ3n) is 4.82. The van der Waals surface area contributed by atoms with Gasteiger partial charge in [0.05, 0.1) is 0 Å². The summed E-state index contributed by atoms with van der Waals surface area (Å²) >= 11 is 0. The van der Waals surface area contributed by atoms with Gasteiger partial charge in [0.15, 0.2) is 0 Å². The lowest BCUT2D eigenvalue weighted by atomic mass is 10.0. The van der Waals surface area contributed by atoms with Crippen LogP contribution in [0, 0.1) is 0 Å². The van der Waals surface area contributed by atoms with Crippen molar-refractivity contribution in [2.45, 2.75) is 12.5 Å². The van der Waals surface area contributed by atoms with Gasteiger partial charge in [-0.05, 0) is 41.0 Å². The smallest absolute Gasteiger partial charge is 0.244 e. The SMILES string of the molecule is Cl.Cl.NC[C@H](Cc1ccc2ccccc2c1)NC(=O)/C=C/c1c[nH]c2ncccc12. The fraction of sp³-hybridized carbons (Fsp3) is 0.130. The molecule has 0 fully saturated rings. The number of H-pyrrole nitrogens is 1. The van der Waals surface area contributed by atoms with E-state index in [9.17, 15) is 4.79 Å². The Kier molecular flexibility index (Phi) is 8.42. The lowest BCUT2D eigenvalue weighted by Gasteiger charge is -2.16. The number of amides is 1. The zero-order chi connectivity index (χ0) is 19.3. The fourth-order valence-corrected chi connectivity index (χ4v) is 3.37. The average Bonchev–Trinajstić information content (AvgIpc) is 3.15. The molecule has 0 spiro atoms. The maximum atomic E-state index is 12.4. The summed E-state index contributed by atoms with van der Waals surface area (Å²) in [7, 11) is 0. The van der Waals surface area contributed by atoms with Crippen molar-refractivity contribution in [2.75, 3.05) is 6.54 Å². The minimum absolute atomic E-state index is 0. The van der Waals surface area contributed by atoms with Crippen molar-refractivity contribution in [1.82, 2.24) is 15.3 Å². The first-order valence-corrected chi connectivity index (χ1v) is 9.31. The number of fused-ring (bicyclic) bond motifs is 2. The van der Waals surface area contributed by atoms with E-state index in [1.807, 2.05) is 30.5 Å². The Morgan fingerprint density at radius 3 is 2.70 bits per heavy atom. The summed E-state index contributed by atoms with van der Waals surface area (Å²) in [5, 5.41) is 6.38. The summed E-state index contributed by atoms with van der Waals surface area (Å²) in [6.07, 6.45) is 7.60. The number of carbonyl (C=O) groups excluding carboxylic acids is 1. The van der Waals surface area contributed by atoms with E-state index < -0.39 is 0 Å². The first kappa shape index (κ1) is 23.4. The van der Waals surface area contributed by atoms with E-state index in [4.69, 9.17) is 5.73 Å². The molecule has 4 aromatic rings. The second kappa shape index (κ2) is 10.8. The van der Waals surface area contributed by atoms with Crippen molar-refractivity contribution in [3.05, 3.63) is 84.2 Å². The van der Waals surface area contributed by atoms with Gasteiger partial charge >= 0.3 is 0 Å². The molecule has 1 atom stereocenters. The van der Waals surface area contributed by atoms with Crippen LogP contribution in [0.2, 0.25) is 0 Å². The molecular weight excluding hydrogens is 419 g/mol. The Balaban J connectivity index is 0.00000160. The lowest BCUT2D eigenvalue weighted by molar-refractivity contribution is -0.117. The van der Waals surface area contributed by atoms with E-state index in [-0.39, 0.29) is 36.8 Å². The monoisotopic (exact) mass is 442 g/mol. The van der Waals surface area contributed by atoms with E-state index in [1.165, 1.54) is 10.8 Å². The highest BCUT2D eigenvalue weighted by Gasteiger charge is 2.10. The molecule has 2 aromatic heterocycles. The highest BCUT2D eigenvalue weighted by molar-refractivity contribution is 5.95. The Morgan fingerprint density at radius 2 is 1.90 bits per heavy atom. The standard InChI is InChI=1S/C23H22N4O.2ClH/c24-14-20(13-16-7-8-17-4-1-2-5-18(17)12-16)27-22(28)10-9-19-15-26-23-21(19)6-3-11-25-23;;/h1-12,15,20H,13-14,24H2,(H,25,26)(H,27,28);2*1H/b10-9+;;/t20-;;/m0../s1. The molecule has 0 bridgehead atoms. The fourth-order valence-electron chi connectivity index (χ4n) is 3.37. The number of nitrogens with two attached hydrogens (primary N) is 1. The molecule has 0 aliphatic heterocycles. The molecule has 4 N–H and O–H groups in total. The van der Waals surface area contributed by atoms with E-state index in [1.54, 1.807) is 18.3 Å². The minimum atomic E-state index is -0.158. The predicted octanol–water partition coefficient (Wildman–Crippen LogP) is 4.26. The lowest BCUT2D eigenvalue weighted by Crippen LogP contribution is -2.40.